The molecule has 2 aromatic carbocycles. The zero-order valence-electron chi connectivity index (χ0n) is 26.4. The van der Waals surface area contributed by atoms with Crippen molar-refractivity contribution >= 4 is 11.8 Å². The number of nitrogens with zero attached hydrogens (tertiary/aromatic N) is 1. The van der Waals surface area contributed by atoms with E-state index < -0.39 is 23.6 Å². The van der Waals surface area contributed by atoms with Crippen LogP contribution in [0.2, 0.25) is 0 Å². The van der Waals surface area contributed by atoms with Gasteiger partial charge in [-0.05, 0) is 94.0 Å². The van der Waals surface area contributed by atoms with E-state index >= 15 is 0 Å². The van der Waals surface area contributed by atoms with Gasteiger partial charge in [0.15, 0.2) is 0 Å². The van der Waals surface area contributed by atoms with Crippen molar-refractivity contribution in [3.63, 3.8) is 0 Å². The first kappa shape index (κ1) is 31.9. The fourth-order valence-electron chi connectivity index (χ4n) is 6.73. The Morgan fingerprint density at radius 2 is 1.73 bits per heavy atom. The fourth-order valence-corrected chi connectivity index (χ4v) is 6.73. The third-order valence-corrected chi connectivity index (χ3v) is 9.11. The average molecular weight is 605 g/mol. The van der Waals surface area contributed by atoms with Gasteiger partial charge in [0.05, 0.1) is 5.60 Å². The summed E-state index contributed by atoms with van der Waals surface area (Å²) < 4.78 is 6.60. The number of hydrogen-bond donors (Lipinski definition) is 5. The van der Waals surface area contributed by atoms with Crippen LogP contribution < -0.4 is 20.7 Å². The molecule has 0 aromatic heterocycles. The number of ether oxygens (including phenoxy) is 1. The molecular weight excluding hydrogens is 556 g/mol. The number of aryl methyl sites for hydroxylation is 2. The van der Waals surface area contributed by atoms with Crippen molar-refractivity contribution in [3.05, 3.63) is 70.9 Å². The zero-order chi connectivity index (χ0) is 31.4. The number of aromatic hydroxyl groups is 1. The number of benzene rings is 2. The van der Waals surface area contributed by atoms with E-state index in [9.17, 15) is 19.8 Å². The molecule has 5 N–H and O–H groups in total. The summed E-state index contributed by atoms with van der Waals surface area (Å²) in [5, 5.41) is 30.9. The molecule has 2 amide bonds. The lowest BCUT2D eigenvalue weighted by atomic mass is 9.93. The lowest BCUT2D eigenvalue weighted by molar-refractivity contribution is -0.137. The molecule has 2 aromatic rings. The molecule has 0 radical (unpaired) electrons. The number of aliphatic hydroxyl groups is 1. The maximum absolute atomic E-state index is 14.1. The van der Waals surface area contributed by atoms with Crippen LogP contribution in [0.4, 0.5) is 0 Å². The molecular formula is C35H48N4O5. The number of hydrogen-bond acceptors (Lipinski definition) is 7. The molecule has 44 heavy (non-hydrogen) atoms. The number of phenols is 1. The maximum atomic E-state index is 14.1. The molecule has 9 heteroatoms. The Kier molecular flexibility index (Phi) is 9.85. The van der Waals surface area contributed by atoms with Crippen LogP contribution in [-0.4, -0.2) is 76.9 Å². The molecule has 238 valence electrons. The van der Waals surface area contributed by atoms with E-state index in [2.05, 4.69) is 34.1 Å². The number of phenolic OH excluding ortho intramolecular Hbond substituents is 1. The number of likely N-dealkylation sites (N-methyl/N-ethyl adjacent to an activating group) is 1. The minimum atomic E-state index is -1.41. The molecule has 3 aliphatic rings. The van der Waals surface area contributed by atoms with E-state index in [0.717, 1.165) is 61.1 Å². The summed E-state index contributed by atoms with van der Waals surface area (Å²) >= 11 is 0. The molecule has 0 saturated heterocycles. The second kappa shape index (κ2) is 13.6. The summed E-state index contributed by atoms with van der Waals surface area (Å²) in [6, 6.07) is 11.1. The highest BCUT2D eigenvalue weighted by atomic mass is 16.5. The quantitative estimate of drug-likeness (QED) is 0.363. The molecule has 2 bridgehead atoms. The topological polar surface area (TPSA) is 123 Å². The van der Waals surface area contributed by atoms with Gasteiger partial charge < -0.3 is 35.8 Å². The lowest BCUT2D eigenvalue weighted by Crippen LogP contribution is -2.61. The smallest absolute Gasteiger partial charge is 0.246 e. The van der Waals surface area contributed by atoms with Crippen LogP contribution in [0.5, 0.6) is 11.5 Å². The third-order valence-electron chi connectivity index (χ3n) is 9.11. The van der Waals surface area contributed by atoms with Gasteiger partial charge in [-0.25, -0.2) is 0 Å². The molecule has 4 atom stereocenters. The Bertz CT molecular complexity index is 1350. The summed E-state index contributed by atoms with van der Waals surface area (Å²) in [5.74, 6) is 0.820. The SMILES string of the molecule is C/C=C1/[C@H](C2CC2)NCC2CCc3cccc(c3O2)CCCNC(=O)[C@@H](Cc2ccc(O)cc2)NC(=O)[C@H](C(C)(C)O)N1C. The molecule has 2 heterocycles. The van der Waals surface area contributed by atoms with Crippen LogP contribution in [-0.2, 0) is 28.9 Å². The monoisotopic (exact) mass is 604 g/mol. The first-order valence-electron chi connectivity index (χ1n) is 16.0. The maximum Gasteiger partial charge on any atom is 0.246 e. The van der Waals surface area contributed by atoms with Gasteiger partial charge >= 0.3 is 0 Å². The second-order valence-electron chi connectivity index (χ2n) is 13.1. The van der Waals surface area contributed by atoms with Gasteiger partial charge in [0, 0.05) is 38.3 Å². The van der Waals surface area contributed by atoms with Crippen LogP contribution in [0, 0.1) is 5.92 Å². The standard InChI is InChI=1S/C35H48N4O5/c1-5-29-30(23-13-14-23)37-21-27-18-15-25-9-6-8-24(31(25)44-27)10-7-19-36-33(41)28(20-22-11-16-26(40)17-12-22)38-34(42)32(39(29)4)35(2,3)43/h5-6,8-9,11-12,16-17,23,27-28,30,32,37,40,43H,7,10,13-15,18-21H2,1-4H3,(H,36,41)(H,38,42)/b29-5-/t27?,28-,30+,32-/m1/s1. The molecule has 1 unspecified atom stereocenters. The van der Waals surface area contributed by atoms with Crippen LogP contribution in [0.15, 0.2) is 54.2 Å². The number of carbonyl (C=O) groups is 2. The van der Waals surface area contributed by atoms with Crippen molar-refractivity contribution < 1.29 is 24.5 Å². The fraction of sp³-hybridized carbons (Fsp3) is 0.543. The van der Waals surface area contributed by atoms with Crippen molar-refractivity contribution in [1.29, 1.82) is 0 Å². The van der Waals surface area contributed by atoms with E-state index in [1.807, 2.05) is 24.9 Å². The molecule has 1 aliphatic carbocycles. The van der Waals surface area contributed by atoms with Crippen molar-refractivity contribution in [3.8, 4) is 11.5 Å². The van der Waals surface area contributed by atoms with E-state index in [4.69, 9.17) is 4.74 Å². The Hall–Kier alpha value is -3.56. The van der Waals surface area contributed by atoms with Crippen LogP contribution in [0.1, 0.15) is 63.1 Å². The van der Waals surface area contributed by atoms with Crippen molar-refractivity contribution in [2.75, 3.05) is 20.1 Å². The minimum absolute atomic E-state index is 0.00198. The zero-order valence-corrected chi connectivity index (χ0v) is 26.4. The van der Waals surface area contributed by atoms with Gasteiger partial charge in [0.1, 0.15) is 29.7 Å². The van der Waals surface area contributed by atoms with Gasteiger partial charge in [-0.3, -0.25) is 9.59 Å². The van der Waals surface area contributed by atoms with Crippen molar-refractivity contribution in [1.82, 2.24) is 20.9 Å². The highest BCUT2D eigenvalue weighted by Crippen LogP contribution is 2.38. The highest BCUT2D eigenvalue weighted by molar-refractivity contribution is 5.90. The number of rotatable bonds is 4. The normalized spacial score (nSPS) is 26.7. The summed E-state index contributed by atoms with van der Waals surface area (Å²) in [7, 11) is 1.85. The number of fused-ring (bicyclic) bond motifs is 1. The van der Waals surface area contributed by atoms with Crippen LogP contribution in [0.3, 0.4) is 0 Å². The number of nitrogens with one attached hydrogen (secondary N) is 3. The van der Waals surface area contributed by atoms with E-state index in [0.29, 0.717) is 19.0 Å². The molecule has 2 aliphatic heterocycles. The Labute approximate surface area is 261 Å². The van der Waals surface area contributed by atoms with Crippen LogP contribution in [0.25, 0.3) is 0 Å². The first-order valence-corrected chi connectivity index (χ1v) is 16.0. The molecule has 0 spiro atoms. The van der Waals surface area contributed by atoms with E-state index in [1.165, 1.54) is 5.56 Å². The second-order valence-corrected chi connectivity index (χ2v) is 13.1. The number of carbonyl (C=O) groups excluding carboxylic acids is 2. The summed E-state index contributed by atoms with van der Waals surface area (Å²) in [6.07, 6.45) is 7.84. The average Bonchev–Trinajstić information content (AvgIpc) is 3.82. The Balaban J connectivity index is 1.47. The highest BCUT2D eigenvalue weighted by Gasteiger charge is 2.43. The summed E-state index contributed by atoms with van der Waals surface area (Å²) in [5.41, 5.74) is 2.71. The van der Waals surface area contributed by atoms with Crippen LogP contribution >= 0.6 is 0 Å². The van der Waals surface area contributed by atoms with Gasteiger partial charge in [-0.15, -0.1) is 0 Å². The van der Waals surface area contributed by atoms with Gasteiger partial charge in [0.2, 0.25) is 11.8 Å². The Morgan fingerprint density at radius 1 is 1.02 bits per heavy atom. The Morgan fingerprint density at radius 3 is 2.39 bits per heavy atom. The van der Waals surface area contributed by atoms with Crippen molar-refractivity contribution in [2.45, 2.75) is 95.5 Å². The summed E-state index contributed by atoms with van der Waals surface area (Å²) in [6.45, 7) is 6.36. The number of amides is 2. The predicted molar refractivity (Wildman–Crippen MR) is 170 cm³/mol. The molecule has 1 fully saturated rings. The number of allylic oxidation sites excluding steroid dienone is 1. The summed E-state index contributed by atoms with van der Waals surface area (Å²) in [4.78, 5) is 29.5. The van der Waals surface area contributed by atoms with Crippen molar-refractivity contribution in [2.24, 2.45) is 5.92 Å². The van der Waals surface area contributed by atoms with E-state index in [-0.39, 0.29) is 30.2 Å². The number of para-hydroxylation sites is 1. The van der Waals surface area contributed by atoms with E-state index in [1.54, 1.807) is 38.1 Å². The molecule has 5 rings (SSSR count). The largest absolute Gasteiger partial charge is 0.508 e. The first-order chi connectivity index (χ1) is 21.0. The molecule has 9 nitrogen and oxygen atoms in total. The minimum Gasteiger partial charge on any atom is -0.508 e. The van der Waals surface area contributed by atoms with Gasteiger partial charge in [-0.1, -0.05) is 36.4 Å². The van der Waals surface area contributed by atoms with Gasteiger partial charge in [-0.2, -0.15) is 0 Å². The lowest BCUT2D eigenvalue weighted by Gasteiger charge is -2.41. The predicted octanol–water partition coefficient (Wildman–Crippen LogP) is 3.22. The van der Waals surface area contributed by atoms with Gasteiger partial charge in [0.25, 0.3) is 0 Å². The third kappa shape index (κ3) is 7.56. The molecule has 1 saturated carbocycles.